The minimum absolute atomic E-state index is 0.0474. The summed E-state index contributed by atoms with van der Waals surface area (Å²) in [5.74, 6) is 0.799. The van der Waals surface area contributed by atoms with Gasteiger partial charge in [-0.3, -0.25) is 0 Å². The number of benzene rings is 2. The Labute approximate surface area is 149 Å². The standard InChI is InChI=1S/C20H26N2O3/c1-15(12-16-8-7-11-18(13-16)25-3)22-19(23)21-14-20(2,24)17-9-5-4-6-10-17/h4-11,13,15,24H,12,14H2,1-3H3,(H2,21,22,23). The predicted molar refractivity (Wildman–Crippen MR) is 98.7 cm³/mol. The lowest BCUT2D eigenvalue weighted by Crippen LogP contribution is -2.46. The first-order chi connectivity index (χ1) is 11.9. The fourth-order valence-electron chi connectivity index (χ4n) is 2.63. The third-order valence-electron chi connectivity index (χ3n) is 4.04. The number of methoxy groups -OCH3 is 1. The van der Waals surface area contributed by atoms with Crippen molar-refractivity contribution in [2.24, 2.45) is 0 Å². The summed E-state index contributed by atoms with van der Waals surface area (Å²) in [4.78, 5) is 12.1. The molecule has 0 aliphatic heterocycles. The van der Waals surface area contributed by atoms with E-state index in [1.54, 1.807) is 14.0 Å². The van der Waals surface area contributed by atoms with Gasteiger partial charge in [-0.1, -0.05) is 42.5 Å². The molecule has 2 unspecified atom stereocenters. The van der Waals surface area contributed by atoms with Gasteiger partial charge in [-0.05, 0) is 43.5 Å². The van der Waals surface area contributed by atoms with Crippen molar-refractivity contribution < 1.29 is 14.6 Å². The van der Waals surface area contributed by atoms with Gasteiger partial charge >= 0.3 is 6.03 Å². The molecule has 0 fully saturated rings. The molecule has 5 nitrogen and oxygen atoms in total. The highest BCUT2D eigenvalue weighted by Crippen LogP contribution is 2.19. The lowest BCUT2D eigenvalue weighted by atomic mass is 9.96. The van der Waals surface area contributed by atoms with E-state index in [1.807, 2.05) is 61.5 Å². The van der Waals surface area contributed by atoms with Crippen molar-refractivity contribution in [3.8, 4) is 5.75 Å². The van der Waals surface area contributed by atoms with E-state index in [0.29, 0.717) is 6.42 Å². The molecule has 2 amide bonds. The van der Waals surface area contributed by atoms with Gasteiger partial charge in [0.15, 0.2) is 0 Å². The molecule has 2 rings (SSSR count). The van der Waals surface area contributed by atoms with E-state index in [0.717, 1.165) is 16.9 Å². The lowest BCUT2D eigenvalue weighted by molar-refractivity contribution is 0.0593. The zero-order valence-corrected chi connectivity index (χ0v) is 15.0. The van der Waals surface area contributed by atoms with E-state index in [2.05, 4.69) is 10.6 Å². The van der Waals surface area contributed by atoms with Crippen LogP contribution in [-0.2, 0) is 12.0 Å². The van der Waals surface area contributed by atoms with Gasteiger partial charge in [-0.25, -0.2) is 4.79 Å². The quantitative estimate of drug-likeness (QED) is 0.725. The van der Waals surface area contributed by atoms with Crippen molar-refractivity contribution in [1.29, 1.82) is 0 Å². The van der Waals surface area contributed by atoms with Crippen LogP contribution in [0, 0.1) is 0 Å². The maximum Gasteiger partial charge on any atom is 0.315 e. The normalized spacial score (nSPS) is 14.2. The van der Waals surface area contributed by atoms with Crippen LogP contribution in [0.15, 0.2) is 54.6 Å². The molecule has 134 valence electrons. The van der Waals surface area contributed by atoms with E-state index < -0.39 is 5.60 Å². The number of aliphatic hydroxyl groups is 1. The fraction of sp³-hybridized carbons (Fsp3) is 0.350. The average Bonchev–Trinajstić information content (AvgIpc) is 2.61. The number of hydrogen-bond donors (Lipinski definition) is 3. The Morgan fingerprint density at radius 1 is 1.20 bits per heavy atom. The highest BCUT2D eigenvalue weighted by molar-refractivity contribution is 5.74. The molecule has 0 heterocycles. The number of hydrogen-bond acceptors (Lipinski definition) is 3. The predicted octanol–water partition coefficient (Wildman–Crippen LogP) is 2.83. The van der Waals surface area contributed by atoms with Crippen molar-refractivity contribution >= 4 is 6.03 Å². The minimum Gasteiger partial charge on any atom is -0.497 e. The highest BCUT2D eigenvalue weighted by atomic mass is 16.5. The van der Waals surface area contributed by atoms with Crippen molar-refractivity contribution in [3.05, 3.63) is 65.7 Å². The minimum atomic E-state index is -1.12. The van der Waals surface area contributed by atoms with Crippen molar-refractivity contribution in [3.63, 3.8) is 0 Å². The van der Waals surface area contributed by atoms with Crippen LogP contribution in [0.2, 0.25) is 0 Å². The van der Waals surface area contributed by atoms with Gasteiger partial charge in [0.1, 0.15) is 11.4 Å². The average molecular weight is 342 g/mol. The third kappa shape index (κ3) is 5.80. The summed E-state index contributed by atoms with van der Waals surface area (Å²) in [5.41, 5.74) is 0.734. The maximum absolute atomic E-state index is 12.1. The Bertz CT molecular complexity index is 686. The molecule has 0 saturated carbocycles. The molecule has 2 aromatic rings. The monoisotopic (exact) mass is 342 g/mol. The summed E-state index contributed by atoms with van der Waals surface area (Å²) in [6, 6.07) is 16.7. The molecule has 5 heteroatoms. The van der Waals surface area contributed by atoms with Gasteiger partial charge in [-0.15, -0.1) is 0 Å². The number of carbonyl (C=O) groups excluding carboxylic acids is 1. The van der Waals surface area contributed by atoms with Crippen LogP contribution in [0.25, 0.3) is 0 Å². The zero-order valence-electron chi connectivity index (χ0n) is 15.0. The van der Waals surface area contributed by atoms with Crippen LogP contribution < -0.4 is 15.4 Å². The van der Waals surface area contributed by atoms with Gasteiger partial charge < -0.3 is 20.5 Å². The Morgan fingerprint density at radius 2 is 1.92 bits per heavy atom. The number of nitrogens with one attached hydrogen (secondary N) is 2. The second kappa shape index (κ2) is 8.53. The molecule has 0 aliphatic carbocycles. The summed E-state index contributed by atoms with van der Waals surface area (Å²) in [5, 5.41) is 16.1. The first-order valence-corrected chi connectivity index (χ1v) is 8.36. The number of urea groups is 1. The SMILES string of the molecule is COc1cccc(CC(C)NC(=O)NCC(C)(O)c2ccccc2)c1. The van der Waals surface area contributed by atoms with Crippen molar-refractivity contribution in [1.82, 2.24) is 10.6 Å². The molecule has 25 heavy (non-hydrogen) atoms. The molecule has 0 saturated heterocycles. The van der Waals surface area contributed by atoms with E-state index in [9.17, 15) is 9.90 Å². The molecule has 3 N–H and O–H groups in total. The van der Waals surface area contributed by atoms with Gasteiger partial charge in [0.25, 0.3) is 0 Å². The smallest absolute Gasteiger partial charge is 0.315 e. The van der Waals surface area contributed by atoms with Crippen molar-refractivity contribution in [2.75, 3.05) is 13.7 Å². The number of carbonyl (C=O) groups is 1. The zero-order chi connectivity index (χ0) is 18.3. The Kier molecular flexibility index (Phi) is 6.42. The Morgan fingerprint density at radius 3 is 2.60 bits per heavy atom. The molecule has 2 atom stereocenters. The number of ether oxygens (including phenoxy) is 1. The second-order valence-electron chi connectivity index (χ2n) is 6.42. The molecule has 0 bridgehead atoms. The van der Waals surface area contributed by atoms with Gasteiger partial charge in [0, 0.05) is 6.04 Å². The highest BCUT2D eigenvalue weighted by Gasteiger charge is 2.23. The Balaban J connectivity index is 1.83. The topological polar surface area (TPSA) is 70.6 Å². The Hall–Kier alpha value is -2.53. The number of amides is 2. The van der Waals surface area contributed by atoms with Gasteiger partial charge in [-0.2, -0.15) is 0 Å². The van der Waals surface area contributed by atoms with Crippen LogP contribution in [0.4, 0.5) is 4.79 Å². The van der Waals surface area contributed by atoms with E-state index in [-0.39, 0.29) is 18.6 Å². The number of rotatable bonds is 7. The van der Waals surface area contributed by atoms with E-state index in [1.165, 1.54) is 0 Å². The molecule has 2 aromatic carbocycles. The van der Waals surface area contributed by atoms with Gasteiger partial charge in [0.2, 0.25) is 0 Å². The molecule has 0 spiro atoms. The van der Waals surface area contributed by atoms with Crippen LogP contribution >= 0.6 is 0 Å². The largest absolute Gasteiger partial charge is 0.497 e. The molecule has 0 aliphatic rings. The lowest BCUT2D eigenvalue weighted by Gasteiger charge is -2.25. The molecular formula is C20H26N2O3. The summed E-state index contributed by atoms with van der Waals surface area (Å²) < 4.78 is 5.21. The maximum atomic E-state index is 12.1. The molecular weight excluding hydrogens is 316 g/mol. The summed E-state index contributed by atoms with van der Waals surface area (Å²) >= 11 is 0. The van der Waals surface area contributed by atoms with Crippen LogP contribution in [0.3, 0.4) is 0 Å². The van der Waals surface area contributed by atoms with Gasteiger partial charge in [0.05, 0.1) is 13.7 Å². The van der Waals surface area contributed by atoms with Crippen LogP contribution in [0.5, 0.6) is 5.75 Å². The van der Waals surface area contributed by atoms with Crippen molar-refractivity contribution in [2.45, 2.75) is 31.9 Å². The van der Waals surface area contributed by atoms with Crippen LogP contribution in [-0.4, -0.2) is 30.8 Å². The third-order valence-corrected chi connectivity index (χ3v) is 4.04. The summed E-state index contributed by atoms with van der Waals surface area (Å²) in [7, 11) is 1.63. The fourth-order valence-corrected chi connectivity index (χ4v) is 2.63. The first-order valence-electron chi connectivity index (χ1n) is 8.36. The second-order valence-corrected chi connectivity index (χ2v) is 6.42. The van der Waals surface area contributed by atoms with E-state index >= 15 is 0 Å². The molecule has 0 aromatic heterocycles. The summed E-state index contributed by atoms with van der Waals surface area (Å²) in [6.07, 6.45) is 0.694. The molecule has 0 radical (unpaired) electrons. The first kappa shape index (κ1) is 18.8. The van der Waals surface area contributed by atoms with E-state index in [4.69, 9.17) is 4.74 Å². The summed E-state index contributed by atoms with van der Waals surface area (Å²) in [6.45, 7) is 3.76. The van der Waals surface area contributed by atoms with Crippen LogP contribution in [0.1, 0.15) is 25.0 Å².